The lowest BCUT2D eigenvalue weighted by Gasteiger charge is -2.32. The van der Waals surface area contributed by atoms with Crippen LogP contribution in [-0.2, 0) is 11.2 Å². The van der Waals surface area contributed by atoms with E-state index >= 15 is 0 Å². The number of carboxylic acid groups (broad SMARTS) is 1. The van der Waals surface area contributed by atoms with Gasteiger partial charge >= 0.3 is 12.1 Å². The number of rotatable bonds is 3. The molecule has 0 saturated carbocycles. The Bertz CT molecular complexity index is 931. The Labute approximate surface area is 155 Å². The monoisotopic (exact) mass is 403 g/mol. The second kappa shape index (κ2) is 6.17. The quantitative estimate of drug-likeness (QED) is 0.724. The predicted molar refractivity (Wildman–Crippen MR) is 90.7 cm³/mol. The van der Waals surface area contributed by atoms with Crippen molar-refractivity contribution in [2.24, 2.45) is 4.99 Å². The number of hydrogen-bond donors (Lipinski definition) is 2. The highest BCUT2D eigenvalue weighted by molar-refractivity contribution is 6.45. The summed E-state index contributed by atoms with van der Waals surface area (Å²) in [5, 5.41) is 19.7. The molecule has 2 N–H and O–H groups in total. The van der Waals surface area contributed by atoms with Gasteiger partial charge < -0.3 is 10.2 Å². The van der Waals surface area contributed by atoms with E-state index in [1.165, 1.54) is 6.07 Å². The number of aliphatic imine (C=N–C) groups is 1. The van der Waals surface area contributed by atoms with Crippen molar-refractivity contribution in [2.75, 3.05) is 0 Å². The van der Waals surface area contributed by atoms with Crippen LogP contribution in [0.3, 0.4) is 0 Å². The molecule has 9 heteroatoms. The van der Waals surface area contributed by atoms with Crippen LogP contribution in [0.4, 0.5) is 13.2 Å². The molecule has 3 rings (SSSR count). The molecule has 0 radical (unpaired) electrons. The Morgan fingerprint density at radius 2 is 1.88 bits per heavy atom. The van der Waals surface area contributed by atoms with Crippen molar-refractivity contribution in [1.82, 2.24) is 0 Å². The predicted octanol–water partition coefficient (Wildman–Crippen LogP) is 4.60. The maximum Gasteiger partial charge on any atom is 0.419 e. The second-order valence-electron chi connectivity index (χ2n) is 5.69. The molecule has 136 valence electrons. The molecule has 4 nitrogen and oxygen atoms in total. The summed E-state index contributed by atoms with van der Waals surface area (Å²) in [4.78, 5) is 12.8. The van der Waals surface area contributed by atoms with Gasteiger partial charge in [-0.15, -0.1) is 11.6 Å². The van der Waals surface area contributed by atoms with Crippen LogP contribution in [0.5, 0.6) is 0 Å². The minimum atomic E-state index is -5.03. The number of hydrogen-bond acceptors (Lipinski definition) is 3. The van der Waals surface area contributed by atoms with Gasteiger partial charge in [0.15, 0.2) is 5.71 Å². The van der Waals surface area contributed by atoms with Gasteiger partial charge in [-0.05, 0) is 23.8 Å². The van der Waals surface area contributed by atoms with Crippen molar-refractivity contribution < 1.29 is 28.2 Å². The summed E-state index contributed by atoms with van der Waals surface area (Å²) in [5.74, 6) is -2.39. The van der Waals surface area contributed by atoms with Gasteiger partial charge in [0, 0.05) is 17.0 Å². The highest BCUT2D eigenvalue weighted by atomic mass is 35.5. The number of aliphatic hydroxyl groups excluding tert-OH is 1. The number of benzene rings is 1. The van der Waals surface area contributed by atoms with Crippen LogP contribution in [-0.4, -0.2) is 32.9 Å². The standard InChI is InChI=1S/C17H10Cl2F3NO3/c18-9-4-2-1-3-8(9)7-16(19)11(24)6-5-10-12(16)13(17(20,21)22)14(23-10)15(25)26/h1-6,24H,7H2,(H,25,26). The van der Waals surface area contributed by atoms with E-state index in [0.29, 0.717) is 5.56 Å². The van der Waals surface area contributed by atoms with Gasteiger partial charge in [0.25, 0.3) is 0 Å². The van der Waals surface area contributed by atoms with Gasteiger partial charge in [-0.1, -0.05) is 29.8 Å². The lowest BCUT2D eigenvalue weighted by atomic mass is 9.82. The average molecular weight is 404 g/mol. The molecule has 1 aliphatic heterocycles. The minimum Gasteiger partial charge on any atom is -0.510 e. The number of nitrogens with zero attached hydrogens (tertiary/aromatic N) is 1. The van der Waals surface area contributed by atoms with E-state index in [9.17, 15) is 23.1 Å². The Morgan fingerprint density at radius 3 is 2.46 bits per heavy atom. The Hall–Kier alpha value is -2.25. The molecule has 0 bridgehead atoms. The van der Waals surface area contributed by atoms with Crippen molar-refractivity contribution in [3.05, 3.63) is 69.6 Å². The lowest BCUT2D eigenvalue weighted by Crippen LogP contribution is -2.36. The van der Waals surface area contributed by atoms with E-state index in [2.05, 4.69) is 4.99 Å². The van der Waals surface area contributed by atoms with Crippen molar-refractivity contribution >= 4 is 34.9 Å². The smallest absolute Gasteiger partial charge is 0.419 e. The van der Waals surface area contributed by atoms with E-state index in [0.717, 1.165) is 12.2 Å². The third-order valence-corrected chi connectivity index (χ3v) is 4.94. The third-order valence-electron chi connectivity index (χ3n) is 4.05. The Kier molecular flexibility index (Phi) is 4.40. The maximum atomic E-state index is 13.6. The molecule has 2 aliphatic rings. The molecule has 1 aliphatic carbocycles. The summed E-state index contributed by atoms with van der Waals surface area (Å²) in [6.45, 7) is 0. The van der Waals surface area contributed by atoms with Crippen LogP contribution in [0.15, 0.2) is 64.0 Å². The van der Waals surface area contributed by atoms with E-state index in [1.54, 1.807) is 18.2 Å². The number of halogens is 5. The summed E-state index contributed by atoms with van der Waals surface area (Å²) >= 11 is 12.5. The Balaban J connectivity index is 2.23. The fourth-order valence-electron chi connectivity index (χ4n) is 2.93. The summed E-state index contributed by atoms with van der Waals surface area (Å²) < 4.78 is 40.8. The Morgan fingerprint density at radius 1 is 1.23 bits per heavy atom. The summed E-state index contributed by atoms with van der Waals surface area (Å²) in [6, 6.07) is 6.34. The summed E-state index contributed by atoms with van der Waals surface area (Å²) in [5.41, 5.74) is -3.09. The number of fused-ring (bicyclic) bond motifs is 1. The van der Waals surface area contributed by atoms with Gasteiger partial charge in [-0.25, -0.2) is 9.79 Å². The van der Waals surface area contributed by atoms with Gasteiger partial charge in [0.05, 0.1) is 11.3 Å². The zero-order valence-electron chi connectivity index (χ0n) is 12.8. The van der Waals surface area contributed by atoms with Crippen LogP contribution >= 0.6 is 23.2 Å². The number of carboxylic acids is 1. The molecule has 1 unspecified atom stereocenters. The van der Waals surface area contributed by atoms with E-state index < -0.39 is 39.6 Å². The molecule has 0 amide bonds. The summed E-state index contributed by atoms with van der Waals surface area (Å²) in [6.07, 6.45) is -3.11. The highest BCUT2D eigenvalue weighted by Crippen LogP contribution is 2.50. The van der Waals surface area contributed by atoms with Gasteiger partial charge in [-0.2, -0.15) is 13.2 Å². The van der Waals surface area contributed by atoms with E-state index in [-0.39, 0.29) is 17.1 Å². The average Bonchev–Trinajstić information content (AvgIpc) is 2.95. The summed E-state index contributed by atoms with van der Waals surface area (Å²) in [7, 11) is 0. The van der Waals surface area contributed by atoms with Crippen LogP contribution in [0.2, 0.25) is 5.02 Å². The number of allylic oxidation sites excluding steroid dienone is 4. The normalized spacial score (nSPS) is 22.6. The first-order valence-electron chi connectivity index (χ1n) is 7.24. The molecule has 0 fully saturated rings. The van der Waals surface area contributed by atoms with Crippen LogP contribution in [0.25, 0.3) is 0 Å². The molecular formula is C17H10Cl2F3NO3. The van der Waals surface area contributed by atoms with E-state index in [1.807, 2.05) is 0 Å². The molecule has 0 spiro atoms. The number of aliphatic hydroxyl groups is 1. The van der Waals surface area contributed by atoms with Crippen molar-refractivity contribution in [3.63, 3.8) is 0 Å². The minimum absolute atomic E-state index is 0.253. The number of alkyl halides is 4. The zero-order valence-corrected chi connectivity index (χ0v) is 14.3. The van der Waals surface area contributed by atoms with Crippen molar-refractivity contribution in [2.45, 2.75) is 17.5 Å². The maximum absolute atomic E-state index is 13.6. The molecular weight excluding hydrogens is 394 g/mol. The molecule has 0 aromatic heterocycles. The zero-order chi connectivity index (χ0) is 19.3. The van der Waals surface area contributed by atoms with Gasteiger partial charge in [0.2, 0.25) is 0 Å². The number of carbonyl (C=O) groups is 1. The fourth-order valence-corrected chi connectivity index (χ4v) is 3.53. The molecule has 26 heavy (non-hydrogen) atoms. The van der Waals surface area contributed by atoms with Crippen LogP contribution < -0.4 is 0 Å². The molecule has 1 aromatic rings. The van der Waals surface area contributed by atoms with Crippen molar-refractivity contribution in [3.8, 4) is 0 Å². The fraction of sp³-hybridized carbons (Fsp3) is 0.176. The first-order valence-corrected chi connectivity index (χ1v) is 7.99. The van der Waals surface area contributed by atoms with Gasteiger partial charge in [-0.3, -0.25) is 0 Å². The molecule has 0 saturated heterocycles. The van der Waals surface area contributed by atoms with Gasteiger partial charge in [0.1, 0.15) is 10.6 Å². The third kappa shape index (κ3) is 2.91. The topological polar surface area (TPSA) is 69.9 Å². The first-order chi connectivity index (χ1) is 12.1. The second-order valence-corrected chi connectivity index (χ2v) is 6.74. The molecule has 1 aromatic carbocycles. The molecule has 1 atom stereocenters. The highest BCUT2D eigenvalue weighted by Gasteiger charge is 2.53. The van der Waals surface area contributed by atoms with Crippen LogP contribution in [0, 0.1) is 0 Å². The largest absolute Gasteiger partial charge is 0.510 e. The van der Waals surface area contributed by atoms with E-state index in [4.69, 9.17) is 28.3 Å². The van der Waals surface area contributed by atoms with Crippen LogP contribution in [0.1, 0.15) is 5.56 Å². The SMILES string of the molecule is O=C(O)C1=NC2=CC=C(O)C(Cl)(Cc3ccccc3Cl)C2=C1C(F)(F)F. The first kappa shape index (κ1) is 18.5. The van der Waals surface area contributed by atoms with Crippen molar-refractivity contribution in [1.29, 1.82) is 0 Å². The lowest BCUT2D eigenvalue weighted by molar-refractivity contribution is -0.130. The number of aliphatic carboxylic acids is 1. The molecule has 1 heterocycles.